The summed E-state index contributed by atoms with van der Waals surface area (Å²) < 4.78 is 13.6. The molecule has 1 rings (SSSR count). The van der Waals surface area contributed by atoms with Gasteiger partial charge in [-0.2, -0.15) is 5.26 Å². The summed E-state index contributed by atoms with van der Waals surface area (Å²) in [6, 6.07) is 6.82. The van der Waals surface area contributed by atoms with Gasteiger partial charge < -0.3 is 4.90 Å². The van der Waals surface area contributed by atoms with Crippen molar-refractivity contribution in [3.05, 3.63) is 34.6 Å². The van der Waals surface area contributed by atoms with Crippen molar-refractivity contribution >= 4 is 11.6 Å². The van der Waals surface area contributed by atoms with Crippen LogP contribution in [0.3, 0.4) is 0 Å². The van der Waals surface area contributed by atoms with Crippen LogP contribution in [0.4, 0.5) is 4.39 Å². The molecule has 4 heteroatoms. The molecule has 18 heavy (non-hydrogen) atoms. The number of benzene rings is 1. The topological polar surface area (TPSA) is 27.0 Å². The van der Waals surface area contributed by atoms with Crippen molar-refractivity contribution in [1.82, 2.24) is 4.90 Å². The second-order valence-corrected chi connectivity index (χ2v) is 5.35. The van der Waals surface area contributed by atoms with Gasteiger partial charge in [0.2, 0.25) is 0 Å². The monoisotopic (exact) mass is 268 g/mol. The predicted molar refractivity (Wildman–Crippen MR) is 71.7 cm³/mol. The molecule has 0 saturated heterocycles. The molecule has 0 aromatic heterocycles. The molecule has 0 spiro atoms. The van der Waals surface area contributed by atoms with Crippen LogP contribution in [0.1, 0.15) is 19.4 Å². The fourth-order valence-electron chi connectivity index (χ4n) is 1.76. The fraction of sp³-hybridized carbons (Fsp3) is 0.500. The highest BCUT2D eigenvalue weighted by Gasteiger charge is 2.16. The van der Waals surface area contributed by atoms with Crippen molar-refractivity contribution in [1.29, 1.82) is 5.26 Å². The Bertz CT molecular complexity index is 440. The maximum absolute atomic E-state index is 13.6. The molecule has 0 aliphatic heterocycles. The molecule has 0 aliphatic rings. The Morgan fingerprint density at radius 2 is 2.11 bits per heavy atom. The molecule has 0 amide bonds. The molecule has 1 atom stereocenters. The van der Waals surface area contributed by atoms with E-state index in [0.717, 1.165) is 0 Å². The van der Waals surface area contributed by atoms with E-state index >= 15 is 0 Å². The van der Waals surface area contributed by atoms with Crippen LogP contribution >= 0.6 is 11.6 Å². The first kappa shape index (κ1) is 14.9. The summed E-state index contributed by atoms with van der Waals surface area (Å²) in [5.74, 6) is -0.0109. The van der Waals surface area contributed by atoms with E-state index in [4.69, 9.17) is 16.9 Å². The van der Waals surface area contributed by atoms with E-state index in [2.05, 4.69) is 6.07 Å². The van der Waals surface area contributed by atoms with Gasteiger partial charge in [0.05, 0.1) is 12.0 Å². The lowest BCUT2D eigenvalue weighted by molar-refractivity contribution is 0.262. The number of rotatable bonds is 5. The normalized spacial score (nSPS) is 12.8. The van der Waals surface area contributed by atoms with Gasteiger partial charge >= 0.3 is 0 Å². The summed E-state index contributed by atoms with van der Waals surface area (Å²) in [7, 11) is 1.88. The van der Waals surface area contributed by atoms with E-state index in [0.29, 0.717) is 29.6 Å². The summed E-state index contributed by atoms with van der Waals surface area (Å²) in [4.78, 5) is 1.95. The highest BCUT2D eigenvalue weighted by molar-refractivity contribution is 6.30. The van der Waals surface area contributed by atoms with Gasteiger partial charge in [0.15, 0.2) is 0 Å². The van der Waals surface area contributed by atoms with Crippen molar-refractivity contribution in [3.63, 3.8) is 0 Å². The van der Waals surface area contributed by atoms with E-state index in [1.54, 1.807) is 6.07 Å². The van der Waals surface area contributed by atoms with Crippen LogP contribution in [0.25, 0.3) is 0 Å². The average Bonchev–Trinajstić information content (AvgIpc) is 2.30. The van der Waals surface area contributed by atoms with Crippen LogP contribution in [-0.4, -0.2) is 18.5 Å². The molecule has 0 aliphatic carbocycles. The van der Waals surface area contributed by atoms with Gasteiger partial charge in [-0.1, -0.05) is 25.4 Å². The van der Waals surface area contributed by atoms with Crippen LogP contribution in [0.5, 0.6) is 0 Å². The van der Waals surface area contributed by atoms with Crippen LogP contribution in [0.2, 0.25) is 5.02 Å². The minimum atomic E-state index is -0.260. The zero-order chi connectivity index (χ0) is 13.7. The van der Waals surface area contributed by atoms with Crippen LogP contribution < -0.4 is 0 Å². The molecule has 0 fully saturated rings. The van der Waals surface area contributed by atoms with Crippen molar-refractivity contribution < 1.29 is 4.39 Å². The molecular weight excluding hydrogens is 251 g/mol. The lowest BCUT2D eigenvalue weighted by Crippen LogP contribution is -2.27. The Balaban J connectivity index is 2.67. The number of nitrogens with zero attached hydrogens (tertiary/aromatic N) is 2. The average molecular weight is 269 g/mol. The van der Waals surface area contributed by atoms with Gasteiger partial charge in [0.25, 0.3) is 0 Å². The van der Waals surface area contributed by atoms with E-state index in [1.807, 2.05) is 25.8 Å². The third kappa shape index (κ3) is 4.29. The Hall–Kier alpha value is -1.11. The molecule has 0 saturated carbocycles. The molecule has 0 bridgehead atoms. The molecule has 1 aromatic carbocycles. The SMILES string of the molecule is CC(C)C(C#N)CN(C)Cc1cc(Cl)ccc1F. The summed E-state index contributed by atoms with van der Waals surface area (Å²) >= 11 is 5.85. The van der Waals surface area contributed by atoms with Crippen molar-refractivity contribution in [3.8, 4) is 6.07 Å². The number of nitriles is 1. The van der Waals surface area contributed by atoms with Crippen LogP contribution in [-0.2, 0) is 6.54 Å². The highest BCUT2D eigenvalue weighted by Crippen LogP contribution is 2.18. The predicted octanol–water partition coefficient (Wildman–Crippen LogP) is 3.71. The molecular formula is C14H18ClFN2. The largest absolute Gasteiger partial charge is 0.301 e. The Morgan fingerprint density at radius 3 is 2.67 bits per heavy atom. The van der Waals surface area contributed by atoms with Crippen LogP contribution in [0.15, 0.2) is 18.2 Å². The zero-order valence-corrected chi connectivity index (χ0v) is 11.7. The Morgan fingerprint density at radius 1 is 1.44 bits per heavy atom. The van der Waals surface area contributed by atoms with Gasteiger partial charge in [-0.05, 0) is 31.2 Å². The third-order valence-electron chi connectivity index (χ3n) is 2.93. The van der Waals surface area contributed by atoms with Gasteiger partial charge in [-0.15, -0.1) is 0 Å². The summed E-state index contributed by atoms with van der Waals surface area (Å²) in [6.07, 6.45) is 0. The molecule has 1 aromatic rings. The lowest BCUT2D eigenvalue weighted by atomic mass is 9.97. The van der Waals surface area contributed by atoms with Crippen molar-refractivity contribution in [2.45, 2.75) is 20.4 Å². The first-order valence-electron chi connectivity index (χ1n) is 5.96. The minimum absolute atomic E-state index is 0.0442. The van der Waals surface area contributed by atoms with Gasteiger partial charge in [0, 0.05) is 23.7 Å². The van der Waals surface area contributed by atoms with Crippen molar-refractivity contribution in [2.24, 2.45) is 11.8 Å². The van der Waals surface area contributed by atoms with Gasteiger partial charge in [0.1, 0.15) is 5.82 Å². The number of hydrogen-bond acceptors (Lipinski definition) is 2. The molecule has 0 heterocycles. The Kier molecular flexibility index (Phi) is 5.58. The Labute approximate surface area is 113 Å². The smallest absolute Gasteiger partial charge is 0.127 e. The van der Waals surface area contributed by atoms with Gasteiger partial charge in [-0.3, -0.25) is 0 Å². The van der Waals surface area contributed by atoms with E-state index < -0.39 is 0 Å². The van der Waals surface area contributed by atoms with Crippen LogP contribution in [0, 0.1) is 29.0 Å². The minimum Gasteiger partial charge on any atom is -0.301 e. The van der Waals surface area contributed by atoms with E-state index in [1.165, 1.54) is 12.1 Å². The second-order valence-electron chi connectivity index (χ2n) is 4.91. The first-order chi connectivity index (χ1) is 8.43. The maximum atomic E-state index is 13.6. The molecule has 0 radical (unpaired) electrons. The zero-order valence-electron chi connectivity index (χ0n) is 11.0. The molecule has 98 valence electrons. The van der Waals surface area contributed by atoms with Gasteiger partial charge in [-0.25, -0.2) is 4.39 Å². The maximum Gasteiger partial charge on any atom is 0.127 e. The highest BCUT2D eigenvalue weighted by atomic mass is 35.5. The summed E-state index contributed by atoms with van der Waals surface area (Å²) in [6.45, 7) is 5.11. The molecule has 0 N–H and O–H groups in total. The van der Waals surface area contributed by atoms with Crippen molar-refractivity contribution in [2.75, 3.05) is 13.6 Å². The first-order valence-corrected chi connectivity index (χ1v) is 6.34. The summed E-state index contributed by atoms with van der Waals surface area (Å²) in [5.41, 5.74) is 0.561. The quantitative estimate of drug-likeness (QED) is 0.814. The van der Waals surface area contributed by atoms with E-state index in [9.17, 15) is 4.39 Å². The second kappa shape index (κ2) is 6.72. The third-order valence-corrected chi connectivity index (χ3v) is 3.16. The number of halogens is 2. The van der Waals surface area contributed by atoms with E-state index in [-0.39, 0.29) is 11.7 Å². The number of hydrogen-bond donors (Lipinski definition) is 0. The molecule has 1 unspecified atom stereocenters. The lowest BCUT2D eigenvalue weighted by Gasteiger charge is -2.22. The molecule has 2 nitrogen and oxygen atoms in total. The standard InChI is InChI=1S/C14H18ClFN2/c1-10(2)12(7-17)9-18(3)8-11-6-13(15)4-5-14(11)16/h4-6,10,12H,8-9H2,1-3H3. The fourth-order valence-corrected chi connectivity index (χ4v) is 1.95. The summed E-state index contributed by atoms with van der Waals surface area (Å²) in [5, 5.41) is 9.57.